The zero-order chi connectivity index (χ0) is 4.57. The maximum atomic E-state index is 6.78. The standard InChI is InChI=1S/C3H5N3/c4-2-1-6-3(2)5/h4H,1H2,(H2,5,6). The summed E-state index contributed by atoms with van der Waals surface area (Å²) in [4.78, 5) is 3.62. The van der Waals surface area contributed by atoms with Gasteiger partial charge in [0.2, 0.25) is 0 Å². The van der Waals surface area contributed by atoms with Crippen LogP contribution in [-0.4, -0.2) is 18.1 Å². The summed E-state index contributed by atoms with van der Waals surface area (Å²) in [5, 5.41) is 6.78. The second-order valence-electron chi connectivity index (χ2n) is 1.18. The molecule has 0 amide bonds. The van der Waals surface area contributed by atoms with Crippen molar-refractivity contribution in [1.29, 1.82) is 5.41 Å². The van der Waals surface area contributed by atoms with Crippen molar-refractivity contribution in [3.63, 3.8) is 0 Å². The average molecular weight is 83.1 g/mol. The summed E-state index contributed by atoms with van der Waals surface area (Å²) in [6.45, 7) is 0.520. The lowest BCUT2D eigenvalue weighted by Crippen LogP contribution is -2.34. The average Bonchev–Trinajstić information content (AvgIpc) is 1.61. The minimum absolute atomic E-state index is 0.398. The van der Waals surface area contributed by atoms with Gasteiger partial charge in [0.05, 0.1) is 12.3 Å². The summed E-state index contributed by atoms with van der Waals surface area (Å²) in [6.07, 6.45) is 0. The number of nitrogens with zero attached hydrogens (tertiary/aromatic N) is 1. The van der Waals surface area contributed by atoms with E-state index >= 15 is 0 Å². The number of hydrogen-bond donors (Lipinski definition) is 2. The van der Waals surface area contributed by atoms with Crippen LogP contribution in [0.15, 0.2) is 4.99 Å². The topological polar surface area (TPSA) is 62.2 Å². The third kappa shape index (κ3) is 0.217. The van der Waals surface area contributed by atoms with Crippen LogP contribution < -0.4 is 5.73 Å². The van der Waals surface area contributed by atoms with Gasteiger partial charge in [0.25, 0.3) is 0 Å². The van der Waals surface area contributed by atoms with Crippen molar-refractivity contribution >= 4 is 11.5 Å². The first kappa shape index (κ1) is 3.33. The Morgan fingerprint density at radius 3 is 2.33 bits per heavy atom. The van der Waals surface area contributed by atoms with Crippen LogP contribution in [0.5, 0.6) is 0 Å². The number of amidine groups is 1. The van der Waals surface area contributed by atoms with E-state index in [1.54, 1.807) is 0 Å². The fourth-order valence-corrected chi connectivity index (χ4v) is 0.249. The van der Waals surface area contributed by atoms with Crippen LogP contribution in [0.4, 0.5) is 0 Å². The lowest BCUT2D eigenvalue weighted by Gasteiger charge is -2.06. The maximum Gasteiger partial charge on any atom is 0.141 e. The second kappa shape index (κ2) is 0.801. The van der Waals surface area contributed by atoms with Crippen molar-refractivity contribution in [3.05, 3.63) is 0 Å². The van der Waals surface area contributed by atoms with E-state index < -0.39 is 0 Å². The summed E-state index contributed by atoms with van der Waals surface area (Å²) in [6, 6.07) is 0. The zero-order valence-electron chi connectivity index (χ0n) is 3.23. The Hall–Kier alpha value is -0.860. The molecule has 3 N–H and O–H groups in total. The summed E-state index contributed by atoms with van der Waals surface area (Å²) < 4.78 is 0. The molecule has 3 heteroatoms. The smallest absolute Gasteiger partial charge is 0.141 e. The highest BCUT2D eigenvalue weighted by Gasteiger charge is 2.08. The van der Waals surface area contributed by atoms with E-state index in [1.807, 2.05) is 0 Å². The van der Waals surface area contributed by atoms with E-state index in [2.05, 4.69) is 4.99 Å². The number of rotatable bonds is 0. The molecule has 3 nitrogen and oxygen atoms in total. The van der Waals surface area contributed by atoms with Crippen LogP contribution in [0.1, 0.15) is 0 Å². The van der Waals surface area contributed by atoms with Gasteiger partial charge in [-0.2, -0.15) is 0 Å². The lowest BCUT2D eigenvalue weighted by molar-refractivity contribution is 1.20. The van der Waals surface area contributed by atoms with Gasteiger partial charge in [-0.25, -0.2) is 0 Å². The van der Waals surface area contributed by atoms with Gasteiger partial charge in [0.15, 0.2) is 0 Å². The van der Waals surface area contributed by atoms with Gasteiger partial charge >= 0.3 is 0 Å². The first-order valence-electron chi connectivity index (χ1n) is 1.68. The van der Waals surface area contributed by atoms with Gasteiger partial charge in [-0.3, -0.25) is 10.4 Å². The van der Waals surface area contributed by atoms with Crippen LogP contribution in [0.25, 0.3) is 0 Å². The SMILES string of the molecule is N=C1CN=C1N. The predicted molar refractivity (Wildman–Crippen MR) is 24.2 cm³/mol. The second-order valence-corrected chi connectivity index (χ2v) is 1.18. The van der Waals surface area contributed by atoms with Crippen molar-refractivity contribution < 1.29 is 0 Å². The third-order valence-corrected chi connectivity index (χ3v) is 0.717. The normalized spacial score (nSPS) is 19.3. The fourth-order valence-electron chi connectivity index (χ4n) is 0.249. The van der Waals surface area contributed by atoms with Crippen molar-refractivity contribution in [3.8, 4) is 0 Å². The summed E-state index contributed by atoms with van der Waals surface area (Å²) in [5.74, 6) is 0.398. The molecule has 6 heavy (non-hydrogen) atoms. The number of aliphatic imine (C=N–C) groups is 1. The molecule has 1 aliphatic heterocycles. The molecule has 1 heterocycles. The zero-order valence-corrected chi connectivity index (χ0v) is 3.23. The van der Waals surface area contributed by atoms with Crippen LogP contribution in [0.3, 0.4) is 0 Å². The highest BCUT2D eigenvalue weighted by atomic mass is 15.0. The Balaban J connectivity index is 2.75. The molecule has 0 bridgehead atoms. The summed E-state index contributed by atoms with van der Waals surface area (Å²) >= 11 is 0. The Bertz CT molecular complexity index is 113. The van der Waals surface area contributed by atoms with Gasteiger partial charge in [-0.05, 0) is 0 Å². The quantitative estimate of drug-likeness (QED) is 0.402. The number of hydrogen-bond acceptors (Lipinski definition) is 3. The van der Waals surface area contributed by atoms with E-state index in [4.69, 9.17) is 11.1 Å². The molecule has 1 rings (SSSR count). The molecule has 1 aliphatic rings. The molecule has 0 aromatic rings. The van der Waals surface area contributed by atoms with E-state index in [9.17, 15) is 0 Å². The predicted octanol–water partition coefficient (Wildman–Crippen LogP) is -0.623. The Kier molecular flexibility index (Phi) is 0.445. The van der Waals surface area contributed by atoms with Crippen LogP contribution in [-0.2, 0) is 0 Å². The first-order valence-corrected chi connectivity index (χ1v) is 1.68. The molecule has 0 aromatic carbocycles. The molecule has 32 valence electrons. The first-order chi connectivity index (χ1) is 2.80. The largest absolute Gasteiger partial charge is 0.382 e. The van der Waals surface area contributed by atoms with Gasteiger partial charge in [-0.15, -0.1) is 0 Å². The van der Waals surface area contributed by atoms with E-state index in [0.717, 1.165) is 0 Å². The van der Waals surface area contributed by atoms with E-state index in [0.29, 0.717) is 18.1 Å². The van der Waals surface area contributed by atoms with Gasteiger partial charge in [0, 0.05) is 0 Å². The highest BCUT2D eigenvalue weighted by Crippen LogP contribution is 1.87. The Morgan fingerprint density at radius 1 is 1.83 bits per heavy atom. The van der Waals surface area contributed by atoms with Crippen molar-refractivity contribution in [2.45, 2.75) is 0 Å². The molecule has 0 unspecified atom stereocenters. The minimum atomic E-state index is 0.398. The molecule has 0 spiro atoms. The molecule has 0 aliphatic carbocycles. The molecule has 0 aromatic heterocycles. The third-order valence-electron chi connectivity index (χ3n) is 0.717. The van der Waals surface area contributed by atoms with Gasteiger partial charge < -0.3 is 5.73 Å². The van der Waals surface area contributed by atoms with Crippen molar-refractivity contribution in [1.82, 2.24) is 0 Å². The highest BCUT2D eigenvalue weighted by molar-refractivity contribution is 6.44. The van der Waals surface area contributed by atoms with Crippen LogP contribution in [0, 0.1) is 5.41 Å². The Labute approximate surface area is 35.4 Å². The maximum absolute atomic E-state index is 6.78. The molecule has 0 atom stereocenters. The van der Waals surface area contributed by atoms with Gasteiger partial charge in [-0.1, -0.05) is 0 Å². The molecule has 0 fully saturated rings. The van der Waals surface area contributed by atoms with Crippen LogP contribution >= 0.6 is 0 Å². The summed E-state index contributed by atoms with van der Waals surface area (Å²) in [5.41, 5.74) is 5.52. The Morgan fingerprint density at radius 2 is 2.33 bits per heavy atom. The van der Waals surface area contributed by atoms with E-state index in [1.165, 1.54) is 0 Å². The number of nitrogens with two attached hydrogens (primary N) is 1. The number of nitrogens with one attached hydrogen (secondary N) is 1. The molecular formula is C3H5N3. The molecule has 0 radical (unpaired) electrons. The fraction of sp³-hybridized carbons (Fsp3) is 0.333. The van der Waals surface area contributed by atoms with E-state index in [-0.39, 0.29) is 0 Å². The molecular weight excluding hydrogens is 78.1 g/mol. The van der Waals surface area contributed by atoms with Crippen LogP contribution in [0.2, 0.25) is 0 Å². The summed E-state index contributed by atoms with van der Waals surface area (Å²) in [7, 11) is 0. The molecule has 0 saturated heterocycles. The monoisotopic (exact) mass is 83.0 g/mol. The molecule has 0 saturated carbocycles. The van der Waals surface area contributed by atoms with Crippen molar-refractivity contribution in [2.24, 2.45) is 10.7 Å². The minimum Gasteiger partial charge on any atom is -0.382 e. The van der Waals surface area contributed by atoms with Crippen molar-refractivity contribution in [2.75, 3.05) is 6.54 Å². The lowest BCUT2D eigenvalue weighted by atomic mass is 10.3. The van der Waals surface area contributed by atoms with Gasteiger partial charge in [0.1, 0.15) is 5.84 Å².